The maximum Gasteiger partial charge on any atom is 0.309 e. The molecule has 0 aromatic heterocycles. The molecule has 0 fully saturated rings. The molecule has 0 bridgehead atoms. The Kier molecular flexibility index (Phi) is 2.60. The van der Waals surface area contributed by atoms with E-state index < -0.39 is 11.7 Å². The second-order valence-corrected chi connectivity index (χ2v) is 3.68. The van der Waals surface area contributed by atoms with Crippen molar-refractivity contribution in [2.45, 2.75) is 5.79 Å². The first-order valence-electron chi connectivity index (χ1n) is 4.93. The first-order chi connectivity index (χ1) is 7.96. The Morgan fingerprint density at radius 2 is 2.12 bits per heavy atom. The average Bonchev–Trinajstić information content (AvgIpc) is 2.53. The fraction of sp³-hybridized carbons (Fsp3) is 0.273. The van der Waals surface area contributed by atoms with Gasteiger partial charge in [-0.1, -0.05) is 12.1 Å². The van der Waals surface area contributed by atoms with Gasteiger partial charge in [-0.2, -0.15) is 5.10 Å². The molecule has 0 unspecified atom stereocenters. The molecule has 1 aromatic carbocycles. The van der Waals surface area contributed by atoms with Crippen LogP contribution in [-0.2, 0) is 4.79 Å². The number of rotatable bonds is 2. The minimum absolute atomic E-state index is 0.107. The molecule has 90 valence electrons. The number of hydrogen-bond acceptors (Lipinski definition) is 5. The molecule has 2 N–H and O–H groups in total. The Hall–Kier alpha value is -1.92. The third-order valence-corrected chi connectivity index (χ3v) is 2.52. The highest BCUT2D eigenvalue weighted by molar-refractivity contribution is 6.20. The lowest BCUT2D eigenvalue weighted by Crippen LogP contribution is -2.45. The predicted octanol–water partition coefficient (Wildman–Crippen LogP) is -0.448. The summed E-state index contributed by atoms with van der Waals surface area (Å²) in [5.74, 6) is -2.92. The topological polar surface area (TPSA) is 82.4 Å². The molecule has 0 atom stereocenters. The molecule has 2 rings (SSSR count). The standard InChI is InChI=1S/C11H12N2O4/c1-13-10(14)11(15,16)9(12-13)7-4-3-5-8(6-7)17-2/h3-6,15-16H,1-2H3. The smallest absolute Gasteiger partial charge is 0.309 e. The van der Waals surface area contributed by atoms with Crippen molar-refractivity contribution in [2.75, 3.05) is 14.2 Å². The van der Waals surface area contributed by atoms with Crippen molar-refractivity contribution in [1.82, 2.24) is 5.01 Å². The van der Waals surface area contributed by atoms with Crippen molar-refractivity contribution >= 4 is 11.6 Å². The van der Waals surface area contributed by atoms with Crippen LogP contribution in [0.4, 0.5) is 0 Å². The maximum absolute atomic E-state index is 11.4. The monoisotopic (exact) mass is 236 g/mol. The fourth-order valence-electron chi connectivity index (χ4n) is 1.62. The van der Waals surface area contributed by atoms with Gasteiger partial charge in [0, 0.05) is 12.6 Å². The third kappa shape index (κ3) is 1.77. The molecule has 6 nitrogen and oxygen atoms in total. The van der Waals surface area contributed by atoms with Crippen molar-refractivity contribution in [3.05, 3.63) is 29.8 Å². The Morgan fingerprint density at radius 1 is 1.41 bits per heavy atom. The van der Waals surface area contributed by atoms with Gasteiger partial charge >= 0.3 is 5.91 Å². The minimum Gasteiger partial charge on any atom is -0.497 e. The van der Waals surface area contributed by atoms with Crippen LogP contribution in [0.25, 0.3) is 0 Å². The van der Waals surface area contributed by atoms with Crippen LogP contribution in [0.5, 0.6) is 5.75 Å². The molecular weight excluding hydrogens is 224 g/mol. The molecule has 1 aliphatic heterocycles. The summed E-state index contributed by atoms with van der Waals surface area (Å²) >= 11 is 0. The number of carbonyl (C=O) groups excluding carboxylic acids is 1. The molecular formula is C11H12N2O4. The number of aliphatic hydroxyl groups is 2. The quantitative estimate of drug-likeness (QED) is 0.681. The summed E-state index contributed by atoms with van der Waals surface area (Å²) in [6.45, 7) is 0. The van der Waals surface area contributed by atoms with Gasteiger partial charge in [0.25, 0.3) is 5.79 Å². The van der Waals surface area contributed by atoms with E-state index >= 15 is 0 Å². The Labute approximate surface area is 97.7 Å². The number of methoxy groups -OCH3 is 1. The number of likely N-dealkylation sites (N-methyl/N-ethyl adjacent to an activating group) is 1. The first kappa shape index (κ1) is 11.6. The van der Waals surface area contributed by atoms with Gasteiger partial charge in [0.2, 0.25) is 0 Å². The normalized spacial score (nSPS) is 18.2. The summed E-state index contributed by atoms with van der Waals surface area (Å²) < 4.78 is 5.02. The molecule has 0 spiro atoms. The molecule has 1 aromatic rings. The summed E-state index contributed by atoms with van der Waals surface area (Å²) in [5, 5.41) is 24.1. The molecule has 1 aliphatic rings. The third-order valence-electron chi connectivity index (χ3n) is 2.52. The lowest BCUT2D eigenvalue weighted by atomic mass is 10.0. The van der Waals surface area contributed by atoms with Gasteiger partial charge in [-0.25, -0.2) is 5.01 Å². The zero-order chi connectivity index (χ0) is 12.6. The minimum atomic E-state index is -2.58. The van der Waals surface area contributed by atoms with E-state index in [-0.39, 0.29) is 5.71 Å². The van der Waals surface area contributed by atoms with E-state index in [2.05, 4.69) is 5.10 Å². The molecule has 1 amide bonds. The number of benzene rings is 1. The van der Waals surface area contributed by atoms with E-state index in [9.17, 15) is 15.0 Å². The number of hydrogen-bond donors (Lipinski definition) is 2. The van der Waals surface area contributed by atoms with Gasteiger partial charge in [0.05, 0.1) is 7.11 Å². The van der Waals surface area contributed by atoms with Gasteiger partial charge in [0.1, 0.15) is 11.5 Å². The van der Waals surface area contributed by atoms with Crippen LogP contribution >= 0.6 is 0 Å². The second-order valence-electron chi connectivity index (χ2n) is 3.68. The van der Waals surface area contributed by atoms with E-state index in [0.29, 0.717) is 11.3 Å². The number of ether oxygens (including phenoxy) is 1. The van der Waals surface area contributed by atoms with Crippen molar-refractivity contribution in [3.8, 4) is 5.75 Å². The van der Waals surface area contributed by atoms with E-state index in [4.69, 9.17) is 4.74 Å². The molecule has 1 heterocycles. The van der Waals surface area contributed by atoms with Gasteiger partial charge in [-0.15, -0.1) is 0 Å². The second kappa shape index (κ2) is 3.83. The zero-order valence-electron chi connectivity index (χ0n) is 9.41. The predicted molar refractivity (Wildman–Crippen MR) is 59.5 cm³/mol. The highest BCUT2D eigenvalue weighted by Crippen LogP contribution is 2.23. The summed E-state index contributed by atoms with van der Waals surface area (Å²) in [6, 6.07) is 6.58. The van der Waals surface area contributed by atoms with Crippen molar-refractivity contribution < 1.29 is 19.7 Å². The lowest BCUT2D eigenvalue weighted by Gasteiger charge is -2.15. The molecule has 0 aliphatic carbocycles. The summed E-state index contributed by atoms with van der Waals surface area (Å²) in [4.78, 5) is 11.4. The largest absolute Gasteiger partial charge is 0.497 e. The van der Waals surface area contributed by atoms with Crippen LogP contribution in [0.3, 0.4) is 0 Å². The van der Waals surface area contributed by atoms with Gasteiger partial charge in [-0.05, 0) is 12.1 Å². The highest BCUT2D eigenvalue weighted by Gasteiger charge is 2.48. The maximum atomic E-state index is 11.4. The van der Waals surface area contributed by atoms with Crippen LogP contribution in [0.1, 0.15) is 5.56 Å². The summed E-state index contributed by atoms with van der Waals surface area (Å²) in [7, 11) is 2.86. The van der Waals surface area contributed by atoms with E-state index in [0.717, 1.165) is 5.01 Å². The highest BCUT2D eigenvalue weighted by atomic mass is 16.5. The lowest BCUT2D eigenvalue weighted by molar-refractivity contribution is -0.166. The summed E-state index contributed by atoms with van der Waals surface area (Å²) in [5.41, 5.74) is 0.316. The van der Waals surface area contributed by atoms with Crippen LogP contribution < -0.4 is 4.74 Å². The molecule has 0 radical (unpaired) electrons. The number of nitrogens with zero attached hydrogens (tertiary/aromatic N) is 2. The van der Waals surface area contributed by atoms with E-state index in [1.165, 1.54) is 14.2 Å². The Balaban J connectivity index is 2.47. The van der Waals surface area contributed by atoms with Crippen LogP contribution in [-0.4, -0.2) is 46.8 Å². The van der Waals surface area contributed by atoms with Crippen LogP contribution in [0, 0.1) is 0 Å². The Morgan fingerprint density at radius 3 is 2.65 bits per heavy atom. The fourth-order valence-corrected chi connectivity index (χ4v) is 1.62. The molecule has 6 heteroatoms. The first-order valence-corrected chi connectivity index (χ1v) is 4.93. The van der Waals surface area contributed by atoms with Gasteiger partial charge in [-0.3, -0.25) is 4.79 Å². The van der Waals surface area contributed by atoms with Crippen LogP contribution in [0.2, 0.25) is 0 Å². The van der Waals surface area contributed by atoms with E-state index in [1.807, 2.05) is 0 Å². The van der Waals surface area contributed by atoms with Gasteiger partial charge < -0.3 is 14.9 Å². The van der Waals surface area contributed by atoms with Crippen LogP contribution in [0.15, 0.2) is 29.4 Å². The van der Waals surface area contributed by atoms with Gasteiger partial charge in [0.15, 0.2) is 0 Å². The SMILES string of the molecule is COc1cccc(C2=NN(C)C(=O)C2(O)O)c1. The number of amides is 1. The molecule has 17 heavy (non-hydrogen) atoms. The van der Waals surface area contributed by atoms with Crippen molar-refractivity contribution in [1.29, 1.82) is 0 Å². The molecule has 0 saturated heterocycles. The zero-order valence-corrected chi connectivity index (χ0v) is 9.41. The van der Waals surface area contributed by atoms with E-state index in [1.54, 1.807) is 24.3 Å². The number of carbonyl (C=O) groups is 1. The molecule has 0 saturated carbocycles. The van der Waals surface area contributed by atoms with Crippen molar-refractivity contribution in [3.63, 3.8) is 0 Å². The Bertz CT molecular complexity index is 496. The summed E-state index contributed by atoms with van der Waals surface area (Å²) in [6.07, 6.45) is 0. The average molecular weight is 236 g/mol. The number of hydrazone groups is 1. The van der Waals surface area contributed by atoms with Crippen molar-refractivity contribution in [2.24, 2.45) is 5.10 Å².